The third-order valence-electron chi connectivity index (χ3n) is 7.62. The smallest absolute Gasteiger partial charge is 0.410 e. The first-order valence-corrected chi connectivity index (χ1v) is 15.9. The van der Waals surface area contributed by atoms with Crippen LogP contribution in [0.4, 0.5) is 10.6 Å². The number of piperidine rings is 1. The lowest BCUT2D eigenvalue weighted by Gasteiger charge is -2.32. The van der Waals surface area contributed by atoms with Gasteiger partial charge in [0, 0.05) is 25.7 Å². The summed E-state index contributed by atoms with van der Waals surface area (Å²) in [5.74, 6) is 1.12. The minimum atomic E-state index is -3.87. The second-order valence-electron chi connectivity index (χ2n) is 12.0. The van der Waals surface area contributed by atoms with Crippen molar-refractivity contribution < 1.29 is 31.9 Å². The van der Waals surface area contributed by atoms with Crippen LogP contribution in [0.2, 0.25) is 5.02 Å². The fourth-order valence-electron chi connectivity index (χ4n) is 5.51. The molecule has 222 valence electrons. The molecular weight excluding hydrogens is 560 g/mol. The van der Waals surface area contributed by atoms with Crippen molar-refractivity contribution in [3.8, 4) is 5.75 Å². The summed E-state index contributed by atoms with van der Waals surface area (Å²) < 4.78 is 53.2. The van der Waals surface area contributed by atoms with Gasteiger partial charge in [0.15, 0.2) is 11.4 Å². The van der Waals surface area contributed by atoms with Gasteiger partial charge in [0.1, 0.15) is 11.4 Å². The topological polar surface area (TPSA) is 123 Å². The van der Waals surface area contributed by atoms with Crippen molar-refractivity contribution >= 4 is 44.7 Å². The molecule has 0 radical (unpaired) electrons. The van der Waals surface area contributed by atoms with Crippen LogP contribution in [-0.4, -0.2) is 79.5 Å². The zero-order valence-corrected chi connectivity index (χ0v) is 24.9. The summed E-state index contributed by atoms with van der Waals surface area (Å²) >= 11 is 6.45. The van der Waals surface area contributed by atoms with Gasteiger partial charge in [-0.15, -0.1) is 0 Å². The number of fused-ring (bicyclic) bond motifs is 1. The van der Waals surface area contributed by atoms with E-state index >= 15 is 0 Å². The summed E-state index contributed by atoms with van der Waals surface area (Å²) in [5, 5.41) is 4.80. The number of carbonyl (C=O) groups excluding carboxylic acids is 1. The van der Waals surface area contributed by atoms with Gasteiger partial charge in [-0.1, -0.05) is 29.6 Å². The third-order valence-corrected chi connectivity index (χ3v) is 9.41. The fourth-order valence-corrected chi connectivity index (χ4v) is 6.94. The van der Waals surface area contributed by atoms with Gasteiger partial charge in [0.25, 0.3) is 0 Å². The van der Waals surface area contributed by atoms with Crippen LogP contribution in [0.25, 0.3) is 11.0 Å². The molecule has 2 saturated heterocycles. The highest BCUT2D eigenvalue weighted by Gasteiger charge is 2.34. The second-order valence-corrected chi connectivity index (χ2v) is 14.0. The van der Waals surface area contributed by atoms with Gasteiger partial charge < -0.3 is 23.6 Å². The van der Waals surface area contributed by atoms with Gasteiger partial charge in [-0.05, 0) is 64.9 Å². The number of hydrogen-bond donors (Lipinski definition) is 1. The van der Waals surface area contributed by atoms with Crippen molar-refractivity contribution in [2.24, 2.45) is 5.92 Å². The number of halogens is 1. The molecule has 1 amide bonds. The first kappa shape index (κ1) is 29.2. The molecule has 1 aromatic heterocycles. The third kappa shape index (κ3) is 7.13. The Morgan fingerprint density at radius 3 is 2.50 bits per heavy atom. The highest BCUT2D eigenvalue weighted by molar-refractivity contribution is 7.90. The summed E-state index contributed by atoms with van der Waals surface area (Å²) in [4.78, 5) is 14.0. The van der Waals surface area contributed by atoms with E-state index in [1.54, 1.807) is 17.0 Å². The van der Waals surface area contributed by atoms with Crippen LogP contribution >= 0.6 is 11.6 Å². The van der Waals surface area contributed by atoms with Crippen LogP contribution in [0.3, 0.4) is 0 Å². The molecular formula is C27H39ClN4O7S. The van der Waals surface area contributed by atoms with Crippen LogP contribution in [0, 0.1) is 5.92 Å². The first-order chi connectivity index (χ1) is 19.0. The lowest BCUT2D eigenvalue weighted by molar-refractivity contribution is -0.0306. The number of nitrogens with one attached hydrogen (secondary N) is 1. The molecule has 2 aromatic rings. The van der Waals surface area contributed by atoms with E-state index in [2.05, 4.69) is 9.88 Å². The van der Waals surface area contributed by atoms with Gasteiger partial charge in [-0.2, -0.15) is 12.7 Å². The minimum absolute atomic E-state index is 0.0793. The van der Waals surface area contributed by atoms with Gasteiger partial charge in [-0.25, -0.2) is 4.79 Å². The number of nitrogens with zero attached hydrogens (tertiary/aromatic N) is 3. The molecule has 40 heavy (non-hydrogen) atoms. The molecule has 5 rings (SSSR count). The van der Waals surface area contributed by atoms with E-state index < -0.39 is 15.8 Å². The number of ether oxygens (including phenoxy) is 3. The number of rotatable bonds is 8. The highest BCUT2D eigenvalue weighted by atomic mass is 35.5. The molecule has 1 aliphatic carbocycles. The number of hydrogen-bond acceptors (Lipinski definition) is 8. The van der Waals surface area contributed by atoms with E-state index in [0.717, 1.165) is 19.3 Å². The number of anilines is 1. The van der Waals surface area contributed by atoms with Crippen molar-refractivity contribution in [1.82, 2.24) is 14.4 Å². The SMILES string of the molecule is CC(C)(C)OC(=O)N1CC[C@@H](OC2CCN(S(=O)(=O)Nc3noc4cc(OCC5CCCC5)c(Cl)cc34)CC2)C1. The van der Waals surface area contributed by atoms with E-state index in [4.69, 9.17) is 30.3 Å². The monoisotopic (exact) mass is 598 g/mol. The molecule has 0 unspecified atom stereocenters. The zero-order chi connectivity index (χ0) is 28.5. The Morgan fingerprint density at radius 2 is 1.80 bits per heavy atom. The first-order valence-electron chi connectivity index (χ1n) is 14.1. The standard InChI is InChI=1S/C27H39ClN4O7S/c1-27(2,3)38-26(33)31-11-8-20(16-31)37-19-9-12-32(13-10-19)40(34,35)30-25-21-14-22(28)24(15-23(21)39-29-25)36-17-18-6-4-5-7-18/h14-15,18-20H,4-13,16-17H2,1-3H3,(H,29,30)/t20-/m1/s1. The molecule has 1 atom stereocenters. The van der Waals surface area contributed by atoms with E-state index in [1.807, 2.05) is 20.8 Å². The number of benzene rings is 1. The quantitative estimate of drug-likeness (QED) is 0.440. The molecule has 2 aliphatic heterocycles. The zero-order valence-electron chi connectivity index (χ0n) is 23.4. The summed E-state index contributed by atoms with van der Waals surface area (Å²) in [6.07, 6.45) is 6.11. The Hall–Kier alpha value is -2.28. The largest absolute Gasteiger partial charge is 0.492 e. The molecule has 3 heterocycles. The number of amides is 1. The summed E-state index contributed by atoms with van der Waals surface area (Å²) in [5.41, 5.74) is -0.147. The summed E-state index contributed by atoms with van der Waals surface area (Å²) in [6, 6.07) is 3.28. The van der Waals surface area contributed by atoms with Gasteiger partial charge in [-0.3, -0.25) is 4.72 Å². The fraction of sp³-hybridized carbons (Fsp3) is 0.704. The van der Waals surface area contributed by atoms with E-state index in [9.17, 15) is 13.2 Å². The van der Waals surface area contributed by atoms with Gasteiger partial charge in [0.05, 0.1) is 35.8 Å². The molecule has 11 nitrogen and oxygen atoms in total. The Morgan fingerprint density at radius 1 is 1.10 bits per heavy atom. The van der Waals surface area contributed by atoms with E-state index in [1.165, 1.54) is 17.1 Å². The average Bonchev–Trinajstić information content (AvgIpc) is 3.64. The summed E-state index contributed by atoms with van der Waals surface area (Å²) in [6.45, 7) is 7.79. The van der Waals surface area contributed by atoms with Crippen molar-refractivity contribution in [3.63, 3.8) is 0 Å². The minimum Gasteiger partial charge on any atom is -0.492 e. The second kappa shape index (κ2) is 11.9. The van der Waals surface area contributed by atoms with Crippen molar-refractivity contribution in [2.45, 2.75) is 83.5 Å². The Bertz CT molecular complexity index is 1300. The Kier molecular flexibility index (Phi) is 8.70. The summed E-state index contributed by atoms with van der Waals surface area (Å²) in [7, 11) is -3.87. The van der Waals surface area contributed by atoms with Crippen LogP contribution in [0.1, 0.15) is 65.7 Å². The molecule has 3 aliphatic rings. The predicted molar refractivity (Wildman–Crippen MR) is 151 cm³/mol. The van der Waals surface area contributed by atoms with E-state index in [0.29, 0.717) is 73.3 Å². The Labute approximate surface area is 240 Å². The number of likely N-dealkylation sites (tertiary alicyclic amines) is 1. The maximum Gasteiger partial charge on any atom is 0.410 e. The molecule has 3 fully saturated rings. The van der Waals surface area contributed by atoms with Gasteiger partial charge >= 0.3 is 16.3 Å². The van der Waals surface area contributed by atoms with Crippen LogP contribution in [0.15, 0.2) is 16.7 Å². The predicted octanol–water partition coefficient (Wildman–Crippen LogP) is 5.20. The molecule has 0 spiro atoms. The maximum absolute atomic E-state index is 13.2. The van der Waals surface area contributed by atoms with Crippen LogP contribution in [0.5, 0.6) is 5.75 Å². The lowest BCUT2D eigenvalue weighted by Crippen LogP contribution is -2.44. The molecule has 0 bridgehead atoms. The van der Waals surface area contributed by atoms with Crippen molar-refractivity contribution in [2.75, 3.05) is 37.5 Å². The normalized spacial score (nSPS) is 21.8. The Balaban J connectivity index is 1.12. The van der Waals surface area contributed by atoms with Crippen LogP contribution < -0.4 is 9.46 Å². The van der Waals surface area contributed by atoms with Crippen molar-refractivity contribution in [1.29, 1.82) is 0 Å². The van der Waals surface area contributed by atoms with Gasteiger partial charge in [0.2, 0.25) is 0 Å². The highest BCUT2D eigenvalue weighted by Crippen LogP contribution is 2.35. The molecule has 13 heteroatoms. The average molecular weight is 599 g/mol. The molecule has 1 saturated carbocycles. The van der Waals surface area contributed by atoms with E-state index in [-0.39, 0.29) is 24.1 Å². The van der Waals surface area contributed by atoms with Crippen molar-refractivity contribution in [3.05, 3.63) is 17.2 Å². The molecule has 1 aromatic carbocycles. The lowest BCUT2D eigenvalue weighted by atomic mass is 10.1. The van der Waals surface area contributed by atoms with Crippen LogP contribution in [-0.2, 0) is 19.7 Å². The molecule has 1 N–H and O–H groups in total. The number of aromatic nitrogens is 1. The number of carbonyl (C=O) groups is 1. The maximum atomic E-state index is 13.2.